The average Bonchev–Trinajstić information content (AvgIpc) is 2.30. The van der Waals surface area contributed by atoms with Gasteiger partial charge in [-0.3, -0.25) is 4.98 Å². The summed E-state index contributed by atoms with van der Waals surface area (Å²) in [5.74, 6) is -1.09. The molecule has 1 aromatic carbocycles. The molecule has 0 amide bonds. The summed E-state index contributed by atoms with van der Waals surface area (Å²) in [5.41, 5.74) is 1.63. The van der Waals surface area contributed by atoms with Gasteiger partial charge in [0.25, 0.3) is 0 Å². The molecule has 0 saturated carbocycles. The Balaban J connectivity index is 0.000000606. The minimum Gasteiger partial charge on any atom is -0.476 e. The first-order chi connectivity index (χ1) is 7.66. The molecule has 0 atom stereocenters. The molecule has 2 rings (SSSR count). The number of nitrogens with zero attached hydrogens (tertiary/aromatic N) is 2. The van der Waals surface area contributed by atoms with Crippen LogP contribution in [0.25, 0.3) is 11.0 Å². The monoisotopic (exact) mass is 214 g/mol. The summed E-state index contributed by atoms with van der Waals surface area (Å²) >= 11 is 0. The van der Waals surface area contributed by atoms with Gasteiger partial charge in [-0.25, -0.2) is 9.78 Å². The van der Waals surface area contributed by atoms with Crippen molar-refractivity contribution in [1.29, 1.82) is 0 Å². The number of hydrogen-bond donors (Lipinski definition) is 1. The van der Waals surface area contributed by atoms with E-state index < -0.39 is 5.97 Å². The molecular formula is C11H11BN2O2. The van der Waals surface area contributed by atoms with Crippen molar-refractivity contribution in [2.24, 2.45) is 0 Å². The highest BCUT2D eigenvalue weighted by molar-refractivity contribution is 6.33. The minimum atomic E-state index is -1.09. The Kier molecular flexibility index (Phi) is 3.99. The molecule has 16 heavy (non-hydrogen) atoms. The Morgan fingerprint density at radius 1 is 1.31 bits per heavy atom. The second kappa shape index (κ2) is 5.25. The summed E-state index contributed by atoms with van der Waals surface area (Å²) in [7, 11) is 5.54. The van der Waals surface area contributed by atoms with Gasteiger partial charge in [0.05, 0.1) is 17.2 Å². The molecule has 0 unspecified atom stereocenters. The molecule has 0 saturated heterocycles. The van der Waals surface area contributed by atoms with E-state index in [0.717, 1.165) is 0 Å². The zero-order chi connectivity index (χ0) is 12.1. The van der Waals surface area contributed by atoms with E-state index in [2.05, 4.69) is 9.97 Å². The molecule has 0 spiro atoms. The van der Waals surface area contributed by atoms with Crippen molar-refractivity contribution in [3.05, 3.63) is 30.1 Å². The van der Waals surface area contributed by atoms with E-state index in [9.17, 15) is 4.79 Å². The lowest BCUT2D eigenvalue weighted by atomic mass is 9.96. The second-order valence-corrected chi connectivity index (χ2v) is 2.81. The van der Waals surface area contributed by atoms with Gasteiger partial charge in [-0.15, -0.1) is 0 Å². The lowest BCUT2D eigenvalue weighted by Crippen LogP contribution is -2.05. The fourth-order valence-electron chi connectivity index (χ4n) is 1.13. The van der Waals surface area contributed by atoms with E-state index in [0.29, 0.717) is 16.5 Å². The zero-order valence-electron chi connectivity index (χ0n) is 9.14. The van der Waals surface area contributed by atoms with Gasteiger partial charge in [0.1, 0.15) is 7.85 Å². The maximum atomic E-state index is 10.6. The quantitative estimate of drug-likeness (QED) is 0.723. The summed E-state index contributed by atoms with van der Waals surface area (Å²) in [5, 5.41) is 8.67. The maximum Gasteiger partial charge on any atom is 0.356 e. The third-order valence-electron chi connectivity index (χ3n) is 1.79. The first-order valence-electron chi connectivity index (χ1n) is 4.92. The van der Waals surface area contributed by atoms with E-state index in [1.165, 1.54) is 6.20 Å². The van der Waals surface area contributed by atoms with Crippen LogP contribution in [0.4, 0.5) is 0 Å². The molecule has 2 radical (unpaired) electrons. The number of carboxylic acid groups (broad SMARTS) is 1. The summed E-state index contributed by atoms with van der Waals surface area (Å²) < 4.78 is 0. The van der Waals surface area contributed by atoms with Crippen molar-refractivity contribution in [3.63, 3.8) is 0 Å². The molecule has 0 bridgehead atoms. The van der Waals surface area contributed by atoms with E-state index >= 15 is 0 Å². The summed E-state index contributed by atoms with van der Waals surface area (Å²) in [6, 6.07) is 4.95. The highest BCUT2D eigenvalue weighted by Crippen LogP contribution is 2.06. The Hall–Kier alpha value is -1.91. The predicted octanol–water partition coefficient (Wildman–Crippen LogP) is 1.15. The summed E-state index contributed by atoms with van der Waals surface area (Å²) in [6.45, 7) is 4.00. The second-order valence-electron chi connectivity index (χ2n) is 2.81. The van der Waals surface area contributed by atoms with E-state index in [1.807, 2.05) is 13.8 Å². The van der Waals surface area contributed by atoms with Crippen LogP contribution in [0.5, 0.6) is 0 Å². The van der Waals surface area contributed by atoms with Gasteiger partial charge in [0.2, 0.25) is 0 Å². The van der Waals surface area contributed by atoms with Gasteiger partial charge in [0, 0.05) is 0 Å². The van der Waals surface area contributed by atoms with Gasteiger partial charge in [-0.05, 0) is 12.1 Å². The molecule has 0 aliphatic heterocycles. The van der Waals surface area contributed by atoms with Crippen molar-refractivity contribution in [2.45, 2.75) is 13.8 Å². The van der Waals surface area contributed by atoms with Crippen molar-refractivity contribution in [1.82, 2.24) is 9.97 Å². The van der Waals surface area contributed by atoms with Crippen molar-refractivity contribution < 1.29 is 9.90 Å². The van der Waals surface area contributed by atoms with Crippen molar-refractivity contribution in [2.75, 3.05) is 0 Å². The lowest BCUT2D eigenvalue weighted by molar-refractivity contribution is 0.0690. The number of rotatable bonds is 1. The largest absolute Gasteiger partial charge is 0.476 e. The van der Waals surface area contributed by atoms with Gasteiger partial charge in [-0.1, -0.05) is 25.4 Å². The van der Waals surface area contributed by atoms with Crippen LogP contribution in [-0.4, -0.2) is 28.9 Å². The maximum absolute atomic E-state index is 10.6. The smallest absolute Gasteiger partial charge is 0.356 e. The molecule has 2 aromatic rings. The van der Waals surface area contributed by atoms with Crippen LogP contribution in [0.3, 0.4) is 0 Å². The van der Waals surface area contributed by atoms with E-state index in [-0.39, 0.29) is 5.69 Å². The molecule has 4 nitrogen and oxygen atoms in total. The van der Waals surface area contributed by atoms with Crippen molar-refractivity contribution in [3.8, 4) is 0 Å². The van der Waals surface area contributed by atoms with Crippen LogP contribution in [-0.2, 0) is 0 Å². The zero-order valence-corrected chi connectivity index (χ0v) is 9.14. The summed E-state index contributed by atoms with van der Waals surface area (Å²) in [4.78, 5) is 18.4. The van der Waals surface area contributed by atoms with Gasteiger partial charge < -0.3 is 5.11 Å². The van der Waals surface area contributed by atoms with Crippen LogP contribution in [0.2, 0.25) is 0 Å². The van der Waals surface area contributed by atoms with Gasteiger partial charge >= 0.3 is 5.97 Å². The highest BCUT2D eigenvalue weighted by Gasteiger charge is 2.05. The molecule has 1 N–H and O–H groups in total. The fraction of sp³-hybridized carbons (Fsp3) is 0.182. The third kappa shape index (κ3) is 2.56. The molecule has 0 fully saturated rings. The van der Waals surface area contributed by atoms with Crippen molar-refractivity contribution >= 4 is 30.3 Å². The summed E-state index contributed by atoms with van der Waals surface area (Å²) in [6.07, 6.45) is 1.21. The van der Waals surface area contributed by atoms with Crippen LogP contribution in [0.1, 0.15) is 24.3 Å². The number of hydrogen-bond acceptors (Lipinski definition) is 3. The number of fused-ring (bicyclic) bond motifs is 1. The molecule has 80 valence electrons. The Labute approximate surface area is 94.8 Å². The third-order valence-corrected chi connectivity index (χ3v) is 1.79. The molecular weight excluding hydrogens is 203 g/mol. The number of aromatic carboxylic acids is 1. The topological polar surface area (TPSA) is 63.1 Å². The Morgan fingerprint density at radius 2 is 2.00 bits per heavy atom. The van der Waals surface area contributed by atoms with Crippen LogP contribution < -0.4 is 5.46 Å². The van der Waals surface area contributed by atoms with E-state index in [4.69, 9.17) is 13.0 Å². The molecule has 0 aliphatic rings. The number of benzene rings is 1. The number of carboxylic acids is 1. The lowest BCUT2D eigenvalue weighted by Gasteiger charge is -1.99. The highest BCUT2D eigenvalue weighted by atomic mass is 16.4. The molecule has 1 heterocycles. The molecule has 5 heteroatoms. The SMILES string of the molecule is CC.[B]c1ccc2nc(C(=O)O)cnc2c1. The normalized spacial score (nSPS) is 9.38. The van der Waals surface area contributed by atoms with Crippen LogP contribution in [0.15, 0.2) is 24.4 Å². The first-order valence-corrected chi connectivity index (χ1v) is 4.92. The van der Waals surface area contributed by atoms with Crippen LogP contribution in [0, 0.1) is 0 Å². The Bertz CT molecular complexity index is 514. The number of carbonyl (C=O) groups is 1. The fourth-order valence-corrected chi connectivity index (χ4v) is 1.13. The first kappa shape index (κ1) is 12.2. The average molecular weight is 214 g/mol. The van der Waals surface area contributed by atoms with E-state index in [1.54, 1.807) is 18.2 Å². The molecule has 1 aromatic heterocycles. The minimum absolute atomic E-state index is 0.0673. The standard InChI is InChI=1S/C9H5BN2O2.C2H6/c10-5-1-2-6-7(3-5)11-4-8(12-6)9(13)14;1-2/h1-4H,(H,13,14);1-2H3. The Morgan fingerprint density at radius 3 is 2.62 bits per heavy atom. The number of aromatic nitrogens is 2. The molecule has 0 aliphatic carbocycles. The van der Waals surface area contributed by atoms with Gasteiger partial charge in [-0.2, -0.15) is 0 Å². The van der Waals surface area contributed by atoms with Gasteiger partial charge in [0.15, 0.2) is 5.69 Å². The van der Waals surface area contributed by atoms with Crippen LogP contribution >= 0.6 is 0 Å². The predicted molar refractivity (Wildman–Crippen MR) is 63.2 cm³/mol.